The lowest BCUT2D eigenvalue weighted by Crippen LogP contribution is -2.49. The minimum absolute atomic E-state index is 0.0161. The number of rotatable bonds is 0. The predicted octanol–water partition coefficient (Wildman–Crippen LogP) is 2.18. The molecule has 0 radical (unpaired) electrons. The molecule has 0 saturated carbocycles. The van der Waals surface area contributed by atoms with Gasteiger partial charge in [0.1, 0.15) is 11.6 Å². The molecule has 8 rings (SSSR count). The van der Waals surface area contributed by atoms with Crippen LogP contribution in [0, 0.1) is 0 Å². The second kappa shape index (κ2) is 10.9. The van der Waals surface area contributed by atoms with Crippen molar-refractivity contribution in [2.45, 2.75) is 19.5 Å². The molecule has 0 spiro atoms. The van der Waals surface area contributed by atoms with Gasteiger partial charge in [-0.2, -0.15) is 0 Å². The number of benzene rings is 1. The minimum atomic E-state index is -0.0161. The molecular weight excluding hydrogens is 440 g/mol. The lowest BCUT2D eigenvalue weighted by atomic mass is 10.1. The molecule has 2 aromatic heterocycles. The van der Waals surface area contributed by atoms with E-state index in [4.69, 9.17) is 0 Å². The first-order chi connectivity index (χ1) is 17.1. The number of piperazine rings is 1. The van der Waals surface area contributed by atoms with Gasteiger partial charge in [-0.3, -0.25) is 14.6 Å². The van der Waals surface area contributed by atoms with Crippen LogP contribution in [0.1, 0.15) is 24.4 Å². The number of anilines is 2. The van der Waals surface area contributed by atoms with Crippen molar-refractivity contribution >= 4 is 17.4 Å². The Morgan fingerprint density at radius 1 is 0.886 bits per heavy atom. The summed E-state index contributed by atoms with van der Waals surface area (Å²) in [7, 11) is 0. The Morgan fingerprint density at radius 3 is 2.46 bits per heavy atom. The lowest BCUT2D eigenvalue weighted by Gasteiger charge is -2.34. The summed E-state index contributed by atoms with van der Waals surface area (Å²) >= 11 is 0. The maximum absolute atomic E-state index is 12.4. The topological polar surface area (TPSA) is 98.3 Å². The molecule has 3 aromatic rings. The van der Waals surface area contributed by atoms with E-state index in [-0.39, 0.29) is 11.9 Å². The molecule has 182 valence electrons. The summed E-state index contributed by atoms with van der Waals surface area (Å²) in [6, 6.07) is 12.4. The fraction of sp³-hybridized carbons (Fsp3) is 0.385. The SMILES string of the molecule is CC1NCCNC(=O)CN2CCN(CC2)Cc2cccc(c2)Nc2cc(ccn2)-c2cnc1nc2. The van der Waals surface area contributed by atoms with E-state index >= 15 is 0 Å². The number of pyridine rings is 1. The normalized spacial score (nSPS) is 23.3. The van der Waals surface area contributed by atoms with Gasteiger partial charge in [0.15, 0.2) is 0 Å². The average molecular weight is 473 g/mol. The highest BCUT2D eigenvalue weighted by Gasteiger charge is 2.19. The van der Waals surface area contributed by atoms with Crippen LogP contribution in [-0.2, 0) is 11.3 Å². The van der Waals surface area contributed by atoms with E-state index in [0.717, 1.165) is 61.2 Å². The Kier molecular flexibility index (Phi) is 7.27. The van der Waals surface area contributed by atoms with Crippen LogP contribution in [0.4, 0.5) is 11.5 Å². The fourth-order valence-electron chi connectivity index (χ4n) is 4.49. The highest BCUT2D eigenvalue weighted by atomic mass is 16.2. The summed E-state index contributed by atoms with van der Waals surface area (Å²) in [5.41, 5.74) is 4.20. The number of hydrogen-bond acceptors (Lipinski definition) is 8. The smallest absolute Gasteiger partial charge is 0.234 e. The molecule has 3 N–H and O–H groups in total. The largest absolute Gasteiger partial charge is 0.354 e. The van der Waals surface area contributed by atoms with Crippen LogP contribution in [0.15, 0.2) is 55.0 Å². The summed E-state index contributed by atoms with van der Waals surface area (Å²) < 4.78 is 0. The lowest BCUT2D eigenvalue weighted by molar-refractivity contribution is -0.122. The maximum Gasteiger partial charge on any atom is 0.234 e. The molecule has 5 aliphatic heterocycles. The van der Waals surface area contributed by atoms with Gasteiger partial charge in [0.05, 0.1) is 12.6 Å². The average Bonchev–Trinajstić information content (AvgIpc) is 2.88. The van der Waals surface area contributed by atoms with Crippen molar-refractivity contribution in [3.8, 4) is 11.1 Å². The monoisotopic (exact) mass is 472 g/mol. The molecule has 8 bridgehead atoms. The van der Waals surface area contributed by atoms with Crippen molar-refractivity contribution in [1.82, 2.24) is 35.4 Å². The Balaban J connectivity index is 1.37. The first-order valence-electron chi connectivity index (χ1n) is 12.2. The summed E-state index contributed by atoms with van der Waals surface area (Å²) in [5.74, 6) is 1.57. The standard InChI is InChI=1S/C26H32N8O/c1-19-26-30-15-22(16-31-26)21-5-6-28-24(14-21)32-23-4-2-3-20(13-23)17-33-9-11-34(12-10-33)18-25(35)29-8-7-27-19/h2-6,13-16,19,27H,7-12,17-18H2,1H3,(H,28,32)(H,29,35). The van der Waals surface area contributed by atoms with E-state index in [0.29, 0.717) is 19.6 Å². The van der Waals surface area contributed by atoms with Crippen molar-refractivity contribution in [3.05, 3.63) is 66.4 Å². The number of hydrogen-bond donors (Lipinski definition) is 3. The van der Waals surface area contributed by atoms with Gasteiger partial charge in [-0.25, -0.2) is 15.0 Å². The van der Waals surface area contributed by atoms with Gasteiger partial charge < -0.3 is 16.0 Å². The first kappa shape index (κ1) is 23.3. The molecule has 1 saturated heterocycles. The van der Waals surface area contributed by atoms with Gasteiger partial charge in [0, 0.05) is 75.7 Å². The van der Waals surface area contributed by atoms with E-state index in [9.17, 15) is 4.79 Å². The van der Waals surface area contributed by atoms with Crippen molar-refractivity contribution < 1.29 is 4.79 Å². The molecule has 1 fully saturated rings. The van der Waals surface area contributed by atoms with Crippen molar-refractivity contribution in [2.24, 2.45) is 0 Å². The van der Waals surface area contributed by atoms with E-state index in [1.165, 1.54) is 5.56 Å². The number of nitrogens with one attached hydrogen (secondary N) is 3. The predicted molar refractivity (Wildman–Crippen MR) is 136 cm³/mol. The van der Waals surface area contributed by atoms with Crippen LogP contribution < -0.4 is 16.0 Å². The Morgan fingerprint density at radius 2 is 1.66 bits per heavy atom. The molecule has 1 amide bonds. The van der Waals surface area contributed by atoms with Gasteiger partial charge in [0.2, 0.25) is 5.91 Å². The third kappa shape index (κ3) is 6.19. The van der Waals surface area contributed by atoms with Crippen molar-refractivity contribution in [2.75, 3.05) is 51.1 Å². The van der Waals surface area contributed by atoms with Gasteiger partial charge in [0.25, 0.3) is 0 Å². The number of nitrogens with zero attached hydrogens (tertiary/aromatic N) is 5. The quantitative estimate of drug-likeness (QED) is 0.458. The van der Waals surface area contributed by atoms with Crippen molar-refractivity contribution in [3.63, 3.8) is 0 Å². The van der Waals surface area contributed by atoms with Crippen LogP contribution in [0.5, 0.6) is 0 Å². The molecular formula is C26H32N8O. The van der Waals surface area contributed by atoms with E-state index in [1.807, 2.05) is 31.5 Å². The molecule has 9 heteroatoms. The van der Waals surface area contributed by atoms with Crippen molar-refractivity contribution in [1.29, 1.82) is 0 Å². The second-order valence-electron chi connectivity index (χ2n) is 9.16. The summed E-state index contributed by atoms with van der Waals surface area (Å²) in [6.07, 6.45) is 5.49. The van der Waals surface area contributed by atoms with Crippen LogP contribution >= 0.6 is 0 Å². The summed E-state index contributed by atoms with van der Waals surface area (Å²) in [6.45, 7) is 8.27. The maximum atomic E-state index is 12.4. The highest BCUT2D eigenvalue weighted by molar-refractivity contribution is 5.78. The highest BCUT2D eigenvalue weighted by Crippen LogP contribution is 2.23. The van der Waals surface area contributed by atoms with Crippen LogP contribution in [0.2, 0.25) is 0 Å². The zero-order valence-electron chi connectivity index (χ0n) is 20.1. The fourth-order valence-corrected chi connectivity index (χ4v) is 4.49. The van der Waals surface area contributed by atoms with Gasteiger partial charge >= 0.3 is 0 Å². The molecule has 35 heavy (non-hydrogen) atoms. The minimum Gasteiger partial charge on any atom is -0.354 e. The summed E-state index contributed by atoms with van der Waals surface area (Å²) in [5, 5.41) is 9.85. The molecule has 1 aromatic carbocycles. The molecule has 0 aliphatic carbocycles. The zero-order valence-corrected chi connectivity index (χ0v) is 20.1. The van der Waals surface area contributed by atoms with Crippen LogP contribution in [0.3, 0.4) is 0 Å². The van der Waals surface area contributed by atoms with Gasteiger partial charge in [-0.1, -0.05) is 12.1 Å². The molecule has 1 atom stereocenters. The molecule has 9 nitrogen and oxygen atoms in total. The number of amides is 1. The number of carbonyl (C=O) groups is 1. The third-order valence-corrected chi connectivity index (χ3v) is 6.49. The van der Waals surface area contributed by atoms with Gasteiger partial charge in [-0.05, 0) is 42.3 Å². The number of aromatic nitrogens is 3. The molecule has 5 aliphatic rings. The number of carbonyl (C=O) groups excluding carboxylic acids is 1. The van der Waals surface area contributed by atoms with E-state index < -0.39 is 0 Å². The first-order valence-corrected chi connectivity index (χ1v) is 12.2. The third-order valence-electron chi connectivity index (χ3n) is 6.49. The molecule has 1 unspecified atom stereocenters. The Hall–Kier alpha value is -3.40. The Labute approximate surface area is 206 Å². The van der Waals surface area contributed by atoms with Gasteiger partial charge in [-0.15, -0.1) is 0 Å². The summed E-state index contributed by atoms with van der Waals surface area (Å²) in [4.78, 5) is 30.7. The van der Waals surface area contributed by atoms with E-state index in [1.54, 1.807) is 6.20 Å². The van der Waals surface area contributed by atoms with Crippen LogP contribution in [-0.4, -0.2) is 76.5 Å². The zero-order chi connectivity index (χ0) is 24.0. The molecule has 7 heterocycles. The Bertz CT molecular complexity index is 1140. The van der Waals surface area contributed by atoms with E-state index in [2.05, 4.69) is 65.0 Å². The van der Waals surface area contributed by atoms with Crippen LogP contribution in [0.25, 0.3) is 11.1 Å². The second-order valence-corrected chi connectivity index (χ2v) is 9.16.